The number of hydrogen-bond donors (Lipinski definition) is 3. The van der Waals surface area contributed by atoms with E-state index in [1.54, 1.807) is 39.8 Å². The van der Waals surface area contributed by atoms with E-state index in [2.05, 4.69) is 21.2 Å². The number of carbonyl (C=O) groups excluding carboxylic acids is 2. The molecule has 1 aliphatic heterocycles. The van der Waals surface area contributed by atoms with Gasteiger partial charge in [0.2, 0.25) is 0 Å². The number of nitriles is 1. The summed E-state index contributed by atoms with van der Waals surface area (Å²) >= 11 is 0. The second-order valence-electron chi connectivity index (χ2n) is 9.95. The standard InChI is InChI=1S/C24H35N6O9P/c1-14(2)37-19(31)8-29-40(34,13-35-10-20(32)38-15(3)4)36-9-18-21(33)24(5,11-25)22(39-18)16-6-7-17-23(26)27-12-28-30(16)17/h6-7,12,14-15,18,21-22,33H,8-10,13H2,1-5H3,(H,29,34)(H2,26,27,28). The minimum Gasteiger partial charge on any atom is -0.462 e. The van der Waals surface area contributed by atoms with Gasteiger partial charge in [-0.3, -0.25) is 9.36 Å². The van der Waals surface area contributed by atoms with Crippen LogP contribution in [0.5, 0.6) is 0 Å². The molecule has 0 radical (unpaired) electrons. The van der Waals surface area contributed by atoms with Gasteiger partial charge < -0.3 is 34.3 Å². The molecule has 1 aliphatic rings. The minimum absolute atomic E-state index is 0.221. The average molecular weight is 583 g/mol. The lowest BCUT2D eigenvalue weighted by molar-refractivity contribution is -0.152. The molecule has 3 rings (SSSR count). The van der Waals surface area contributed by atoms with Gasteiger partial charge in [0, 0.05) is 0 Å². The van der Waals surface area contributed by atoms with Gasteiger partial charge in [0.25, 0.3) is 7.52 Å². The maximum Gasteiger partial charge on any atom is 0.332 e. The summed E-state index contributed by atoms with van der Waals surface area (Å²) in [5.41, 5.74) is 5.41. The van der Waals surface area contributed by atoms with Crippen molar-refractivity contribution >= 4 is 30.8 Å². The second kappa shape index (κ2) is 13.0. The number of aliphatic hydroxyl groups is 1. The maximum atomic E-state index is 13.6. The molecule has 16 heteroatoms. The molecule has 220 valence electrons. The molecule has 4 N–H and O–H groups in total. The van der Waals surface area contributed by atoms with E-state index in [1.165, 1.54) is 17.8 Å². The number of fused-ring (bicyclic) bond motifs is 1. The van der Waals surface area contributed by atoms with Gasteiger partial charge in [-0.2, -0.15) is 10.4 Å². The highest BCUT2D eigenvalue weighted by molar-refractivity contribution is 7.56. The van der Waals surface area contributed by atoms with Crippen molar-refractivity contribution in [3.8, 4) is 6.07 Å². The minimum atomic E-state index is -3.96. The first-order valence-electron chi connectivity index (χ1n) is 12.6. The summed E-state index contributed by atoms with van der Waals surface area (Å²) < 4.78 is 42.0. The summed E-state index contributed by atoms with van der Waals surface area (Å²) in [6.07, 6.45) is -3.55. The molecule has 0 amide bonds. The van der Waals surface area contributed by atoms with E-state index in [1.807, 2.05) is 0 Å². The predicted octanol–water partition coefficient (Wildman–Crippen LogP) is 1.32. The number of carbonyl (C=O) groups is 2. The number of aliphatic hydroxyl groups excluding tert-OH is 1. The Hall–Kier alpha value is -3.12. The number of aromatic nitrogens is 3. The molecule has 0 aliphatic carbocycles. The van der Waals surface area contributed by atoms with Crippen molar-refractivity contribution in [3.05, 3.63) is 24.2 Å². The van der Waals surface area contributed by atoms with Crippen LogP contribution < -0.4 is 10.8 Å². The highest BCUT2D eigenvalue weighted by Crippen LogP contribution is 2.50. The highest BCUT2D eigenvalue weighted by Gasteiger charge is 2.55. The van der Waals surface area contributed by atoms with E-state index in [4.69, 9.17) is 29.2 Å². The van der Waals surface area contributed by atoms with E-state index >= 15 is 0 Å². The fraction of sp³-hybridized carbons (Fsp3) is 0.625. The third-order valence-electron chi connectivity index (χ3n) is 5.97. The molecule has 0 saturated carbocycles. The normalized spacial score (nSPS) is 24.2. The molecule has 5 unspecified atom stereocenters. The molecular weight excluding hydrogens is 547 g/mol. The van der Waals surface area contributed by atoms with Crippen molar-refractivity contribution in [2.45, 2.75) is 65.1 Å². The van der Waals surface area contributed by atoms with Gasteiger partial charge in [0.05, 0.1) is 30.6 Å². The quantitative estimate of drug-likeness (QED) is 0.225. The van der Waals surface area contributed by atoms with Gasteiger partial charge >= 0.3 is 11.9 Å². The zero-order valence-corrected chi connectivity index (χ0v) is 23.9. The van der Waals surface area contributed by atoms with Crippen molar-refractivity contribution in [1.82, 2.24) is 19.7 Å². The molecule has 3 heterocycles. The number of anilines is 1. The molecule has 0 aromatic carbocycles. The Morgan fingerprint density at radius 2 is 1.95 bits per heavy atom. The fourth-order valence-electron chi connectivity index (χ4n) is 4.09. The van der Waals surface area contributed by atoms with Gasteiger partial charge in [-0.15, -0.1) is 0 Å². The summed E-state index contributed by atoms with van der Waals surface area (Å²) in [4.78, 5) is 27.8. The van der Waals surface area contributed by atoms with Crippen molar-refractivity contribution in [3.63, 3.8) is 0 Å². The molecule has 15 nitrogen and oxygen atoms in total. The Labute approximate surface area is 231 Å². The second-order valence-corrected chi connectivity index (χ2v) is 12.1. The van der Waals surface area contributed by atoms with E-state index in [-0.39, 0.29) is 11.9 Å². The number of hydrogen-bond acceptors (Lipinski definition) is 13. The molecule has 0 bridgehead atoms. The Kier molecular flexibility index (Phi) is 10.2. The van der Waals surface area contributed by atoms with Gasteiger partial charge in [0.15, 0.2) is 5.82 Å². The van der Waals surface area contributed by atoms with E-state index in [0.717, 1.165) is 0 Å². The summed E-state index contributed by atoms with van der Waals surface area (Å²) in [7, 11) is -3.96. The van der Waals surface area contributed by atoms with Gasteiger partial charge in [-0.1, -0.05) is 0 Å². The molecule has 0 spiro atoms. The summed E-state index contributed by atoms with van der Waals surface area (Å²) in [6, 6.07) is 5.44. The third-order valence-corrected chi connectivity index (χ3v) is 7.70. The molecule has 1 saturated heterocycles. The number of nitrogens with one attached hydrogen (secondary N) is 1. The topological polar surface area (TPSA) is 210 Å². The SMILES string of the molecule is CC(C)OC(=O)CNP(=O)(COCC(=O)OC(C)C)OCC1OC(c2ccc3c(N)ncnn23)C(C)(C#N)C1O. The Morgan fingerprint density at radius 1 is 1.27 bits per heavy atom. The summed E-state index contributed by atoms with van der Waals surface area (Å²) in [5.74, 6) is -1.14. The van der Waals surface area contributed by atoms with Gasteiger partial charge in [-0.05, 0) is 46.8 Å². The van der Waals surface area contributed by atoms with Crippen LogP contribution in [0.1, 0.15) is 46.4 Å². The van der Waals surface area contributed by atoms with Gasteiger partial charge in [-0.25, -0.2) is 19.4 Å². The van der Waals surface area contributed by atoms with Crippen LogP contribution in [0.2, 0.25) is 0 Å². The molecule has 2 aromatic heterocycles. The van der Waals surface area contributed by atoms with E-state index < -0.39 is 75.4 Å². The van der Waals surface area contributed by atoms with Crippen molar-refractivity contribution < 1.29 is 42.7 Å². The number of nitrogen functional groups attached to an aromatic ring is 1. The number of nitrogens with zero attached hydrogens (tertiary/aromatic N) is 4. The lowest BCUT2D eigenvalue weighted by atomic mass is 9.79. The van der Waals surface area contributed by atoms with Crippen molar-refractivity contribution in [2.75, 3.05) is 31.8 Å². The van der Waals surface area contributed by atoms with Crippen LogP contribution in [-0.4, -0.2) is 82.2 Å². The first kappa shape index (κ1) is 31.4. The third kappa shape index (κ3) is 7.34. The number of nitrogens with two attached hydrogens (primary N) is 1. The lowest BCUT2D eigenvalue weighted by Gasteiger charge is -2.25. The van der Waals surface area contributed by atoms with E-state index in [9.17, 15) is 24.5 Å². The monoisotopic (exact) mass is 582 g/mol. The molecule has 2 aromatic rings. The summed E-state index contributed by atoms with van der Waals surface area (Å²) in [6.45, 7) is 6.75. The van der Waals surface area contributed by atoms with Crippen molar-refractivity contribution in [2.24, 2.45) is 5.41 Å². The Balaban J connectivity index is 1.75. The van der Waals surface area contributed by atoms with Gasteiger partial charge in [0.1, 0.15) is 55.1 Å². The molecule has 40 heavy (non-hydrogen) atoms. The van der Waals surface area contributed by atoms with Crippen LogP contribution >= 0.6 is 7.52 Å². The molecule has 5 atom stereocenters. The zero-order valence-electron chi connectivity index (χ0n) is 23.0. The predicted molar refractivity (Wildman–Crippen MR) is 140 cm³/mol. The molecular formula is C24H35N6O9P. The first-order valence-corrected chi connectivity index (χ1v) is 14.4. The Morgan fingerprint density at radius 3 is 2.60 bits per heavy atom. The lowest BCUT2D eigenvalue weighted by Crippen LogP contribution is -2.37. The van der Waals surface area contributed by atoms with Crippen LogP contribution in [0.4, 0.5) is 5.82 Å². The van der Waals surface area contributed by atoms with Crippen LogP contribution in [0, 0.1) is 16.7 Å². The van der Waals surface area contributed by atoms with Crippen molar-refractivity contribution in [1.29, 1.82) is 5.26 Å². The average Bonchev–Trinajstić information content (AvgIpc) is 3.41. The van der Waals surface area contributed by atoms with Crippen LogP contribution in [-0.2, 0) is 37.6 Å². The van der Waals surface area contributed by atoms with Crippen LogP contribution in [0.3, 0.4) is 0 Å². The highest BCUT2D eigenvalue weighted by atomic mass is 31.2. The zero-order chi connectivity index (χ0) is 29.7. The summed E-state index contributed by atoms with van der Waals surface area (Å²) in [5, 5.41) is 27.8. The largest absolute Gasteiger partial charge is 0.462 e. The molecule has 1 fully saturated rings. The Bertz CT molecular complexity index is 1300. The van der Waals surface area contributed by atoms with Crippen LogP contribution in [0.15, 0.2) is 18.5 Å². The smallest absolute Gasteiger partial charge is 0.332 e. The number of esters is 2. The number of ether oxygens (including phenoxy) is 4. The number of rotatable bonds is 13. The van der Waals surface area contributed by atoms with E-state index in [0.29, 0.717) is 11.2 Å². The fourth-order valence-corrected chi connectivity index (χ4v) is 5.44. The van der Waals surface area contributed by atoms with Crippen LogP contribution in [0.25, 0.3) is 5.52 Å². The first-order chi connectivity index (χ1) is 18.8. The maximum absolute atomic E-state index is 13.6.